The second kappa shape index (κ2) is 15.1. The highest BCUT2D eigenvalue weighted by Crippen LogP contribution is 2.43. The SMILES string of the molecule is C[C@@H]1C[C@@H](O)c2ncnc(N3CCN(C(O)[C@H](CN4CCC(OC5CCN(C(=O)OC(C)(C)C)CC5)CC4)c4ccc(Cl)cc4)CC3)c21. The molecular formula is C36H53ClN6O5. The standard InChI is InChI=1S/C36H53ClN6O5/c1-24-21-30(44)32-31(24)33(39-23-38-32)41-17-19-42(20-18-41)34(45)29(25-5-7-26(37)8-6-25)22-40-13-9-27(10-14-40)47-28-11-15-43(16-12-28)35(46)48-36(2,3)4/h5-8,23-24,27-30,34,44-45H,9-22H2,1-4H3/t24-,29-,30-,34?/m1/s1. The molecule has 1 amide bonds. The molecule has 0 saturated carbocycles. The van der Waals surface area contributed by atoms with Crippen molar-refractivity contribution in [3.63, 3.8) is 0 Å². The zero-order valence-corrected chi connectivity index (χ0v) is 29.7. The Morgan fingerprint density at radius 3 is 2.21 bits per heavy atom. The number of nitrogens with zero attached hydrogens (tertiary/aromatic N) is 6. The van der Waals surface area contributed by atoms with Gasteiger partial charge in [0.2, 0.25) is 0 Å². The Morgan fingerprint density at radius 2 is 1.58 bits per heavy atom. The summed E-state index contributed by atoms with van der Waals surface area (Å²) in [5.41, 5.74) is 2.42. The van der Waals surface area contributed by atoms with Gasteiger partial charge in [-0.25, -0.2) is 14.8 Å². The van der Waals surface area contributed by atoms with Crippen LogP contribution in [0.15, 0.2) is 30.6 Å². The molecule has 48 heavy (non-hydrogen) atoms. The minimum Gasteiger partial charge on any atom is -0.444 e. The van der Waals surface area contributed by atoms with Crippen LogP contribution in [0.2, 0.25) is 5.02 Å². The number of piperazine rings is 1. The molecule has 1 aromatic carbocycles. The van der Waals surface area contributed by atoms with Crippen LogP contribution in [0.25, 0.3) is 0 Å². The molecule has 4 atom stereocenters. The number of anilines is 1. The van der Waals surface area contributed by atoms with Crippen molar-refractivity contribution >= 4 is 23.5 Å². The van der Waals surface area contributed by atoms with E-state index in [-0.39, 0.29) is 30.1 Å². The molecule has 1 unspecified atom stereocenters. The van der Waals surface area contributed by atoms with E-state index in [2.05, 4.69) is 31.6 Å². The number of halogens is 1. The van der Waals surface area contributed by atoms with E-state index in [1.165, 1.54) is 0 Å². The number of hydrogen-bond acceptors (Lipinski definition) is 10. The van der Waals surface area contributed by atoms with Crippen LogP contribution in [-0.2, 0) is 9.47 Å². The van der Waals surface area contributed by atoms with Gasteiger partial charge in [0, 0.05) is 75.4 Å². The van der Waals surface area contributed by atoms with Gasteiger partial charge in [0.1, 0.15) is 24.0 Å². The van der Waals surface area contributed by atoms with Crippen molar-refractivity contribution in [3.05, 3.63) is 52.4 Å². The van der Waals surface area contributed by atoms with Gasteiger partial charge in [0.25, 0.3) is 0 Å². The molecule has 2 aromatic rings. The highest BCUT2D eigenvalue weighted by atomic mass is 35.5. The number of benzene rings is 1. The Balaban J connectivity index is 1.02. The molecule has 0 spiro atoms. The maximum Gasteiger partial charge on any atom is 0.410 e. The number of hydrogen-bond donors (Lipinski definition) is 2. The lowest BCUT2D eigenvalue weighted by Gasteiger charge is -2.43. The van der Waals surface area contributed by atoms with E-state index >= 15 is 0 Å². The Bertz CT molecular complexity index is 1370. The average molecular weight is 685 g/mol. The number of rotatable bonds is 8. The third-order valence-corrected chi connectivity index (χ3v) is 10.6. The fourth-order valence-corrected chi connectivity index (χ4v) is 7.89. The lowest BCUT2D eigenvalue weighted by molar-refractivity contribution is -0.0708. The van der Waals surface area contributed by atoms with Crippen LogP contribution in [0.4, 0.5) is 10.6 Å². The van der Waals surface area contributed by atoms with Crippen LogP contribution in [-0.4, -0.2) is 124 Å². The summed E-state index contributed by atoms with van der Waals surface area (Å²) in [6.07, 6.45) is 4.77. The van der Waals surface area contributed by atoms with Gasteiger partial charge in [-0.1, -0.05) is 30.7 Å². The molecule has 4 aliphatic rings. The fourth-order valence-electron chi connectivity index (χ4n) is 7.77. The van der Waals surface area contributed by atoms with Crippen LogP contribution < -0.4 is 4.90 Å². The molecule has 3 fully saturated rings. The highest BCUT2D eigenvalue weighted by molar-refractivity contribution is 6.30. The number of amides is 1. The first-order chi connectivity index (χ1) is 22.9. The molecule has 0 radical (unpaired) electrons. The Hall–Kier alpha value is -2.54. The maximum atomic E-state index is 12.4. The van der Waals surface area contributed by atoms with Gasteiger partial charge < -0.3 is 34.4 Å². The predicted molar refractivity (Wildman–Crippen MR) is 185 cm³/mol. The van der Waals surface area contributed by atoms with Crippen molar-refractivity contribution in [2.45, 2.75) is 102 Å². The number of carbonyl (C=O) groups excluding carboxylic acids is 1. The number of aliphatic hydroxyl groups is 2. The van der Waals surface area contributed by atoms with Crippen molar-refractivity contribution in [2.24, 2.45) is 0 Å². The first kappa shape index (κ1) is 35.3. The maximum absolute atomic E-state index is 12.4. The van der Waals surface area contributed by atoms with Gasteiger partial charge in [0.15, 0.2) is 0 Å². The average Bonchev–Trinajstić information content (AvgIpc) is 3.37. The van der Waals surface area contributed by atoms with Crippen molar-refractivity contribution < 1.29 is 24.5 Å². The van der Waals surface area contributed by atoms with E-state index in [1.807, 2.05) is 45.0 Å². The number of ether oxygens (including phenoxy) is 2. The Morgan fingerprint density at radius 1 is 0.958 bits per heavy atom. The summed E-state index contributed by atoms with van der Waals surface area (Å²) < 4.78 is 12.1. The summed E-state index contributed by atoms with van der Waals surface area (Å²) in [7, 11) is 0. The van der Waals surface area contributed by atoms with Gasteiger partial charge in [0.05, 0.1) is 24.0 Å². The van der Waals surface area contributed by atoms with E-state index in [0.29, 0.717) is 37.6 Å². The molecule has 1 aromatic heterocycles. The molecule has 2 N–H and O–H groups in total. The molecule has 11 nitrogen and oxygen atoms in total. The van der Waals surface area contributed by atoms with Crippen LogP contribution in [0, 0.1) is 0 Å². The second-order valence-electron chi connectivity index (χ2n) is 15.0. The van der Waals surface area contributed by atoms with Gasteiger partial charge >= 0.3 is 6.09 Å². The summed E-state index contributed by atoms with van der Waals surface area (Å²) >= 11 is 6.26. The highest BCUT2D eigenvalue weighted by Gasteiger charge is 2.37. The fraction of sp³-hybridized carbons (Fsp3) is 0.694. The molecule has 4 heterocycles. The smallest absolute Gasteiger partial charge is 0.410 e. The third kappa shape index (κ3) is 8.42. The van der Waals surface area contributed by atoms with Crippen LogP contribution >= 0.6 is 11.6 Å². The molecule has 12 heteroatoms. The number of likely N-dealkylation sites (tertiary alicyclic amines) is 2. The topological polar surface area (TPSA) is 115 Å². The van der Waals surface area contributed by atoms with Gasteiger partial charge in [-0.2, -0.15) is 0 Å². The zero-order valence-electron chi connectivity index (χ0n) is 28.9. The first-order valence-corrected chi connectivity index (χ1v) is 18.1. The number of aromatic nitrogens is 2. The molecular weight excluding hydrogens is 632 g/mol. The minimum absolute atomic E-state index is 0.0954. The summed E-state index contributed by atoms with van der Waals surface area (Å²) in [6, 6.07) is 7.91. The molecule has 3 saturated heterocycles. The van der Waals surface area contributed by atoms with Gasteiger partial charge in [-0.05, 0) is 76.5 Å². The molecule has 3 aliphatic heterocycles. The third-order valence-electron chi connectivity index (χ3n) is 10.4. The van der Waals surface area contributed by atoms with Crippen molar-refractivity contribution in [1.29, 1.82) is 0 Å². The summed E-state index contributed by atoms with van der Waals surface area (Å²) in [5.74, 6) is 1.05. The van der Waals surface area contributed by atoms with Crippen molar-refractivity contribution in [1.82, 2.24) is 24.7 Å². The summed E-state index contributed by atoms with van der Waals surface area (Å²) in [4.78, 5) is 30.2. The van der Waals surface area contributed by atoms with Crippen molar-refractivity contribution in [3.8, 4) is 0 Å². The monoisotopic (exact) mass is 684 g/mol. The molecule has 264 valence electrons. The largest absolute Gasteiger partial charge is 0.444 e. The molecule has 0 bridgehead atoms. The molecule has 1 aliphatic carbocycles. The van der Waals surface area contributed by atoms with Gasteiger partial charge in [-0.15, -0.1) is 0 Å². The van der Waals surface area contributed by atoms with E-state index in [1.54, 1.807) is 11.2 Å². The number of aliphatic hydroxyl groups excluding tert-OH is 2. The molecule has 6 rings (SSSR count). The van der Waals surface area contributed by atoms with E-state index in [0.717, 1.165) is 81.0 Å². The first-order valence-electron chi connectivity index (χ1n) is 17.8. The van der Waals surface area contributed by atoms with E-state index in [4.69, 9.17) is 21.1 Å². The quantitative estimate of drug-likeness (QED) is 0.403. The number of carbonyl (C=O) groups is 1. The van der Waals surface area contributed by atoms with Crippen LogP contribution in [0.1, 0.15) is 94.6 Å². The predicted octanol–water partition coefficient (Wildman–Crippen LogP) is 4.78. The number of fused-ring (bicyclic) bond motifs is 1. The Kier molecular flexibility index (Phi) is 11.1. The lowest BCUT2D eigenvalue weighted by Crippen LogP contribution is -2.54. The normalized spacial score (nSPS) is 24.8. The van der Waals surface area contributed by atoms with Crippen LogP contribution in [0.5, 0.6) is 0 Å². The van der Waals surface area contributed by atoms with E-state index in [9.17, 15) is 15.0 Å². The van der Waals surface area contributed by atoms with Crippen LogP contribution in [0.3, 0.4) is 0 Å². The second-order valence-corrected chi connectivity index (χ2v) is 15.5. The zero-order chi connectivity index (χ0) is 34.0. The van der Waals surface area contributed by atoms with Gasteiger partial charge in [-0.3, -0.25) is 4.90 Å². The number of piperidine rings is 2. The minimum atomic E-state index is -0.644. The summed E-state index contributed by atoms with van der Waals surface area (Å²) in [6.45, 7) is 14.6. The van der Waals surface area contributed by atoms with E-state index < -0.39 is 17.9 Å². The summed E-state index contributed by atoms with van der Waals surface area (Å²) in [5, 5.41) is 23.0. The Labute approximate surface area is 290 Å². The lowest BCUT2D eigenvalue weighted by atomic mass is 9.94. The van der Waals surface area contributed by atoms with Crippen molar-refractivity contribution in [2.75, 3.05) is 63.8 Å².